The van der Waals surface area contributed by atoms with Gasteiger partial charge in [-0.15, -0.1) is 0 Å². The maximum Gasteiger partial charge on any atom is 0.0811 e. The zero-order valence-corrected chi connectivity index (χ0v) is 6.32. The molecule has 0 radical (unpaired) electrons. The molecule has 0 saturated carbocycles. The van der Waals surface area contributed by atoms with E-state index in [4.69, 9.17) is 0 Å². The Hall–Kier alpha value is -0.120. The van der Waals surface area contributed by atoms with Crippen molar-refractivity contribution in [1.82, 2.24) is 4.90 Å². The Morgan fingerprint density at radius 1 is 1.10 bits per heavy atom. The first-order valence-corrected chi connectivity index (χ1v) is 3.75. The highest BCUT2D eigenvalue weighted by atomic mass is 16.3. The third-order valence-corrected chi connectivity index (χ3v) is 2.06. The third-order valence-electron chi connectivity index (χ3n) is 2.06. The summed E-state index contributed by atoms with van der Waals surface area (Å²) in [5.74, 6) is 0. The lowest BCUT2D eigenvalue weighted by Crippen LogP contribution is -2.24. The minimum atomic E-state index is -0.509. The lowest BCUT2D eigenvalue weighted by atomic mass is 10.1. The van der Waals surface area contributed by atoms with Crippen molar-refractivity contribution in [2.24, 2.45) is 0 Å². The molecule has 1 fully saturated rings. The summed E-state index contributed by atoms with van der Waals surface area (Å²) in [4.78, 5) is 2.12. The van der Waals surface area contributed by atoms with Crippen molar-refractivity contribution in [2.75, 3.05) is 20.1 Å². The molecule has 0 amide bonds. The minimum Gasteiger partial charge on any atom is -0.390 e. The van der Waals surface area contributed by atoms with E-state index in [0.29, 0.717) is 12.8 Å². The lowest BCUT2D eigenvalue weighted by molar-refractivity contribution is 0.0187. The fourth-order valence-corrected chi connectivity index (χ4v) is 1.20. The monoisotopic (exact) mass is 145 g/mol. The second kappa shape index (κ2) is 3.32. The quantitative estimate of drug-likeness (QED) is 0.480. The van der Waals surface area contributed by atoms with E-state index in [1.54, 1.807) is 0 Å². The molecule has 0 bridgehead atoms. The van der Waals surface area contributed by atoms with Gasteiger partial charge in [-0.3, -0.25) is 0 Å². The minimum absolute atomic E-state index is 0.509. The van der Waals surface area contributed by atoms with E-state index in [2.05, 4.69) is 4.90 Å². The highest BCUT2D eigenvalue weighted by Gasteiger charge is 2.20. The van der Waals surface area contributed by atoms with E-state index >= 15 is 0 Å². The predicted octanol–water partition coefficient (Wildman–Crippen LogP) is -0.566. The first-order chi connectivity index (χ1) is 4.70. The molecule has 1 heterocycles. The van der Waals surface area contributed by atoms with Crippen LogP contribution in [0.1, 0.15) is 12.8 Å². The van der Waals surface area contributed by atoms with E-state index in [9.17, 15) is 10.2 Å². The average molecular weight is 145 g/mol. The molecule has 0 spiro atoms. The van der Waals surface area contributed by atoms with Gasteiger partial charge in [0.05, 0.1) is 12.2 Å². The van der Waals surface area contributed by atoms with Crippen molar-refractivity contribution in [3.8, 4) is 0 Å². The molecule has 1 aliphatic rings. The van der Waals surface area contributed by atoms with Crippen LogP contribution in [-0.4, -0.2) is 47.5 Å². The normalized spacial score (nSPS) is 37.5. The molecule has 1 saturated heterocycles. The lowest BCUT2D eigenvalue weighted by Gasteiger charge is -2.11. The molecule has 0 aromatic rings. The smallest absolute Gasteiger partial charge is 0.0811 e. The van der Waals surface area contributed by atoms with Crippen molar-refractivity contribution in [3.63, 3.8) is 0 Å². The van der Waals surface area contributed by atoms with Crippen molar-refractivity contribution < 1.29 is 10.2 Å². The first kappa shape index (κ1) is 7.98. The molecule has 1 aliphatic heterocycles. The van der Waals surface area contributed by atoms with Gasteiger partial charge in [-0.05, 0) is 19.9 Å². The number of aliphatic hydroxyl groups is 2. The van der Waals surface area contributed by atoms with E-state index in [0.717, 1.165) is 13.1 Å². The molecule has 0 aliphatic carbocycles. The van der Waals surface area contributed by atoms with Crippen LogP contribution in [0.2, 0.25) is 0 Å². The van der Waals surface area contributed by atoms with Crippen LogP contribution in [0, 0.1) is 0 Å². The van der Waals surface area contributed by atoms with E-state index in [1.165, 1.54) is 0 Å². The molecule has 0 aromatic heterocycles. The van der Waals surface area contributed by atoms with Gasteiger partial charge >= 0.3 is 0 Å². The highest BCUT2D eigenvalue weighted by molar-refractivity contribution is 4.73. The maximum absolute atomic E-state index is 9.20. The molecule has 60 valence electrons. The molecule has 10 heavy (non-hydrogen) atoms. The van der Waals surface area contributed by atoms with E-state index in [1.807, 2.05) is 7.05 Å². The number of aliphatic hydroxyl groups excluding tert-OH is 2. The Morgan fingerprint density at radius 2 is 1.50 bits per heavy atom. The van der Waals surface area contributed by atoms with Gasteiger partial charge in [0.1, 0.15) is 0 Å². The Labute approximate surface area is 61.3 Å². The standard InChI is InChI=1S/C7H15NO2/c1-8-4-2-6(9)7(10)3-5-8/h6-7,9-10H,2-5H2,1H3/t6-,7+. The van der Waals surface area contributed by atoms with E-state index < -0.39 is 12.2 Å². The Morgan fingerprint density at radius 3 is 1.90 bits per heavy atom. The Bertz CT molecular complexity index is 95.8. The zero-order chi connectivity index (χ0) is 7.56. The van der Waals surface area contributed by atoms with Crippen LogP contribution >= 0.6 is 0 Å². The summed E-state index contributed by atoms with van der Waals surface area (Å²) in [5, 5.41) is 18.4. The van der Waals surface area contributed by atoms with Crippen LogP contribution in [-0.2, 0) is 0 Å². The third kappa shape index (κ3) is 1.94. The van der Waals surface area contributed by atoms with Gasteiger partial charge in [0, 0.05) is 13.1 Å². The van der Waals surface area contributed by atoms with Crippen LogP contribution in [0.15, 0.2) is 0 Å². The van der Waals surface area contributed by atoms with Crippen LogP contribution in [0.5, 0.6) is 0 Å². The summed E-state index contributed by atoms with van der Waals surface area (Å²) in [6.07, 6.45) is 0.366. The Balaban J connectivity index is 2.38. The SMILES string of the molecule is CN1CC[C@@H](O)[C@@H](O)CC1. The summed E-state index contributed by atoms with van der Waals surface area (Å²) in [7, 11) is 2.00. The van der Waals surface area contributed by atoms with Crippen molar-refractivity contribution in [3.05, 3.63) is 0 Å². The van der Waals surface area contributed by atoms with Gasteiger partial charge in [-0.1, -0.05) is 0 Å². The molecule has 2 N–H and O–H groups in total. The molecular formula is C7H15NO2. The average Bonchev–Trinajstić information content (AvgIpc) is 2.04. The summed E-state index contributed by atoms with van der Waals surface area (Å²) >= 11 is 0. The van der Waals surface area contributed by atoms with Crippen LogP contribution < -0.4 is 0 Å². The predicted molar refractivity (Wildman–Crippen MR) is 38.7 cm³/mol. The van der Waals surface area contributed by atoms with E-state index in [-0.39, 0.29) is 0 Å². The highest BCUT2D eigenvalue weighted by Crippen LogP contribution is 2.09. The summed E-state index contributed by atoms with van der Waals surface area (Å²) in [6, 6.07) is 0. The molecule has 0 unspecified atom stereocenters. The summed E-state index contributed by atoms with van der Waals surface area (Å²) in [5.41, 5.74) is 0. The van der Waals surface area contributed by atoms with Gasteiger partial charge in [0.15, 0.2) is 0 Å². The molecule has 2 atom stereocenters. The number of nitrogens with zero attached hydrogens (tertiary/aromatic N) is 1. The molecule has 3 heteroatoms. The fraction of sp³-hybridized carbons (Fsp3) is 1.00. The van der Waals surface area contributed by atoms with Gasteiger partial charge in [0.2, 0.25) is 0 Å². The second-order valence-corrected chi connectivity index (χ2v) is 3.02. The molecule has 0 aromatic carbocycles. The van der Waals surface area contributed by atoms with Crippen LogP contribution in [0.25, 0.3) is 0 Å². The van der Waals surface area contributed by atoms with Gasteiger partial charge in [-0.2, -0.15) is 0 Å². The summed E-state index contributed by atoms with van der Waals surface area (Å²) in [6.45, 7) is 1.77. The van der Waals surface area contributed by atoms with Crippen LogP contribution in [0.3, 0.4) is 0 Å². The van der Waals surface area contributed by atoms with Crippen molar-refractivity contribution in [1.29, 1.82) is 0 Å². The summed E-state index contributed by atoms with van der Waals surface area (Å²) < 4.78 is 0. The molecular weight excluding hydrogens is 130 g/mol. The van der Waals surface area contributed by atoms with Gasteiger partial charge in [-0.25, -0.2) is 0 Å². The molecule has 1 rings (SSSR count). The largest absolute Gasteiger partial charge is 0.390 e. The second-order valence-electron chi connectivity index (χ2n) is 3.02. The number of hydrogen-bond donors (Lipinski definition) is 2. The number of likely N-dealkylation sites (tertiary alicyclic amines) is 1. The number of hydrogen-bond acceptors (Lipinski definition) is 3. The number of rotatable bonds is 0. The molecule has 3 nitrogen and oxygen atoms in total. The van der Waals surface area contributed by atoms with Gasteiger partial charge < -0.3 is 15.1 Å². The fourth-order valence-electron chi connectivity index (χ4n) is 1.20. The first-order valence-electron chi connectivity index (χ1n) is 3.75. The van der Waals surface area contributed by atoms with Crippen molar-refractivity contribution in [2.45, 2.75) is 25.0 Å². The van der Waals surface area contributed by atoms with Gasteiger partial charge in [0.25, 0.3) is 0 Å². The topological polar surface area (TPSA) is 43.7 Å². The van der Waals surface area contributed by atoms with Crippen molar-refractivity contribution >= 4 is 0 Å². The van der Waals surface area contributed by atoms with Crippen LogP contribution in [0.4, 0.5) is 0 Å². The maximum atomic E-state index is 9.20. The zero-order valence-electron chi connectivity index (χ0n) is 6.32. The Kier molecular flexibility index (Phi) is 2.65.